The second-order valence-electron chi connectivity index (χ2n) is 32.3. The van der Waals surface area contributed by atoms with Crippen molar-refractivity contribution in [1.82, 2.24) is 64.9 Å². The van der Waals surface area contributed by atoms with Crippen molar-refractivity contribution in [3.8, 4) is 5.75 Å². The molecular formula is C81H107F3N14O23S. The average Bonchev–Trinajstić information content (AvgIpc) is 1.46. The molecule has 4 fully saturated rings. The van der Waals surface area contributed by atoms with Gasteiger partial charge in [0.25, 0.3) is 11.8 Å². The molecule has 0 unspecified atom stereocenters. The van der Waals surface area contributed by atoms with Gasteiger partial charge in [0, 0.05) is 112 Å². The normalized spacial score (nSPS) is 22.6. The van der Waals surface area contributed by atoms with Gasteiger partial charge in [-0.2, -0.15) is 0 Å². The fourth-order valence-corrected chi connectivity index (χ4v) is 16.8. The molecule has 3 heterocycles. The molecule has 1 aromatic heterocycles. The van der Waals surface area contributed by atoms with Gasteiger partial charge < -0.3 is 89.0 Å². The molecule has 11 atom stereocenters. The molecule has 4 aliphatic carbocycles. The van der Waals surface area contributed by atoms with E-state index in [1.807, 2.05) is 0 Å². The Bertz CT molecular complexity index is 4560. The van der Waals surface area contributed by atoms with Crippen LogP contribution in [0.2, 0.25) is 0 Å². The first-order valence-corrected chi connectivity index (χ1v) is 40.3. The average molecular weight is 1730 g/mol. The number of nitrogens with one attached hydrogen (secondary N) is 3. The summed E-state index contributed by atoms with van der Waals surface area (Å²) < 4.78 is 74.3. The maximum Gasteiger partial charge on any atom is 0.258 e. The van der Waals surface area contributed by atoms with E-state index in [2.05, 4.69) is 16.0 Å². The van der Waals surface area contributed by atoms with E-state index >= 15 is 13.2 Å². The highest BCUT2D eigenvalue weighted by atomic mass is 32.1. The quantitative estimate of drug-likeness (QED) is 0.0362. The lowest BCUT2D eigenvalue weighted by molar-refractivity contribution is -0.231. The van der Waals surface area contributed by atoms with Crippen molar-refractivity contribution in [2.75, 3.05) is 161 Å². The molecule has 666 valence electrons. The standard InChI is InChI=1S/C81H107F3N14O23S/c1-46(99)34-88(6)63(107)36-90(8)65(109)38-92(10)67(111)40-94(12)69(113)42-96(14)71(115)43-97(15)70(114)41-95(13)68(112)39-93(11)66(110)37-91(9)64(108)35-89(7)60(104)17-16-29-119-73-49(18-22-55(72(73)83)98-61(105)24-25-62(98)106)19-23-59(103)86-48(3)76(117)87-47(2)75(116)85-45-118-44-57(102)81-58(120-77(121-81)74-54(82)27-30-122-74)32-53-52-21-20-50-31-51(100)26-28-78(50,4)80(52,84)56(101)33-79(53,81)5/h18,22,24-28,30-31,47-48,52-53,56,58,77,101H,16-17,19-21,23,29,32-45H2,1-15H3,(H,85,116)(H,86,103)(H,87,117)/t47-,48-,52-,53-,56-,58+,77+,78-,79-,80-,81+/m0/s1. The van der Waals surface area contributed by atoms with E-state index in [1.54, 1.807) is 13.8 Å². The summed E-state index contributed by atoms with van der Waals surface area (Å²) in [5, 5.41) is 21.0. The van der Waals surface area contributed by atoms with Gasteiger partial charge in [-0.15, -0.1) is 11.3 Å². The van der Waals surface area contributed by atoms with Crippen molar-refractivity contribution >= 4 is 123 Å². The number of likely N-dealkylation sites (N-methyl/N-ethyl adjacent to an activating group) is 10. The maximum atomic E-state index is 18.1. The number of aryl methyl sites for hydroxylation is 1. The van der Waals surface area contributed by atoms with E-state index in [-0.39, 0.29) is 80.2 Å². The van der Waals surface area contributed by atoms with E-state index in [1.165, 1.54) is 127 Å². The molecule has 122 heavy (non-hydrogen) atoms. The fourth-order valence-electron chi connectivity index (χ4n) is 16.1. The molecule has 37 nitrogen and oxygen atoms in total. The zero-order valence-electron chi connectivity index (χ0n) is 71.0. The summed E-state index contributed by atoms with van der Waals surface area (Å²) in [7, 11) is 13.1. The number of halogens is 3. The largest absolute Gasteiger partial charge is 0.490 e. The summed E-state index contributed by atoms with van der Waals surface area (Å²) in [5.41, 5.74) is -6.62. The molecular weight excluding hydrogens is 1630 g/mol. The Kier molecular flexibility index (Phi) is 31.7. The number of allylic oxidation sites excluding steroid dienone is 4. The van der Waals surface area contributed by atoms with Gasteiger partial charge in [0.2, 0.25) is 76.8 Å². The van der Waals surface area contributed by atoms with Gasteiger partial charge in [-0.05, 0) is 107 Å². The van der Waals surface area contributed by atoms with Crippen LogP contribution >= 0.6 is 11.3 Å². The first kappa shape index (κ1) is 96.3. The van der Waals surface area contributed by atoms with E-state index in [0.29, 0.717) is 16.9 Å². The predicted molar refractivity (Wildman–Crippen MR) is 427 cm³/mol. The number of thiophene rings is 1. The number of aliphatic hydroxyl groups excluding tert-OH is 1. The lowest BCUT2D eigenvalue weighted by atomic mass is 9.44. The Hall–Kier alpha value is -11.2. The van der Waals surface area contributed by atoms with Crippen molar-refractivity contribution in [3.05, 3.63) is 81.6 Å². The Morgan fingerprint density at radius 1 is 0.615 bits per heavy atom. The highest BCUT2D eigenvalue weighted by molar-refractivity contribution is 7.10. The van der Waals surface area contributed by atoms with Crippen LogP contribution in [0.3, 0.4) is 0 Å². The molecule has 41 heteroatoms. The van der Waals surface area contributed by atoms with Crippen LogP contribution in [0.1, 0.15) is 96.3 Å². The smallest absolute Gasteiger partial charge is 0.258 e. The zero-order valence-corrected chi connectivity index (χ0v) is 71.8. The number of imide groups is 1. The van der Waals surface area contributed by atoms with Gasteiger partial charge in [-0.1, -0.05) is 24.6 Å². The first-order chi connectivity index (χ1) is 57.1. The maximum absolute atomic E-state index is 18.1. The van der Waals surface area contributed by atoms with Crippen molar-refractivity contribution in [2.45, 2.75) is 128 Å². The number of ketones is 3. The Labute approximate surface area is 707 Å². The highest BCUT2D eigenvalue weighted by Gasteiger charge is 2.79. The molecule has 3 saturated carbocycles. The third-order valence-electron chi connectivity index (χ3n) is 23.4. The van der Waals surface area contributed by atoms with Crippen LogP contribution < -0.4 is 25.6 Å². The van der Waals surface area contributed by atoms with Crippen LogP contribution in [-0.2, 0) is 107 Å². The number of nitrogens with zero attached hydrogens (tertiary/aromatic N) is 11. The summed E-state index contributed by atoms with van der Waals surface area (Å²) in [5.74, 6) is -15.4. The van der Waals surface area contributed by atoms with Gasteiger partial charge >= 0.3 is 0 Å². The van der Waals surface area contributed by atoms with E-state index < -0.39 is 254 Å². The van der Waals surface area contributed by atoms with Crippen LogP contribution in [-0.4, -0.2) is 351 Å². The number of hydrogen-bond donors (Lipinski definition) is 4. The number of anilines is 1. The lowest BCUT2D eigenvalue weighted by Crippen LogP contribution is -2.69. The van der Waals surface area contributed by atoms with Crippen molar-refractivity contribution < 1.29 is 124 Å². The third kappa shape index (κ3) is 21.5. The first-order valence-electron chi connectivity index (χ1n) is 39.4. The molecule has 0 radical (unpaired) electrons. The topological polar surface area (TPSA) is 436 Å². The Morgan fingerprint density at radius 2 is 1.08 bits per heavy atom. The molecule has 2 aromatic rings. The number of alkyl halides is 1. The van der Waals surface area contributed by atoms with Crippen LogP contribution in [0.4, 0.5) is 18.9 Å². The number of fused-ring (bicyclic) bond motifs is 7. The fraction of sp³-hybridized carbons (Fsp3) is 0.580. The summed E-state index contributed by atoms with van der Waals surface area (Å²) in [6.45, 7) is 1.15. The van der Waals surface area contributed by atoms with Crippen LogP contribution in [0.15, 0.2) is 59.5 Å². The minimum Gasteiger partial charge on any atom is -0.490 e. The number of hydrogen-bond acceptors (Lipinski definition) is 24. The second kappa shape index (κ2) is 40.2. The summed E-state index contributed by atoms with van der Waals surface area (Å²) >= 11 is 1.01. The van der Waals surface area contributed by atoms with Crippen LogP contribution in [0.25, 0.3) is 0 Å². The number of amides is 15. The number of benzene rings is 1. The van der Waals surface area contributed by atoms with Gasteiger partial charge in [-0.3, -0.25) is 86.3 Å². The van der Waals surface area contributed by atoms with E-state index in [4.69, 9.17) is 18.9 Å². The van der Waals surface area contributed by atoms with Gasteiger partial charge in [-0.25, -0.2) is 18.1 Å². The second-order valence-corrected chi connectivity index (χ2v) is 33.3. The highest BCUT2D eigenvalue weighted by Crippen LogP contribution is 2.72. The van der Waals surface area contributed by atoms with Crippen molar-refractivity contribution in [2.24, 2.45) is 22.7 Å². The molecule has 4 N–H and O–H groups in total. The number of Topliss-reactive ketones (excluding diaryl/α,β-unsaturated/α-hetero) is 2. The van der Waals surface area contributed by atoms with Crippen LogP contribution in [0.5, 0.6) is 5.75 Å². The lowest BCUT2D eigenvalue weighted by Gasteiger charge is -2.62. The predicted octanol–water partition coefficient (Wildman–Crippen LogP) is -0.777. The number of rotatable bonds is 39. The monoisotopic (exact) mass is 1730 g/mol. The van der Waals surface area contributed by atoms with Crippen molar-refractivity contribution in [3.63, 3.8) is 0 Å². The molecule has 0 spiro atoms. The Balaban J connectivity index is 0.742. The van der Waals surface area contributed by atoms with Gasteiger partial charge in [0.05, 0.1) is 94.8 Å². The minimum absolute atomic E-state index is 0.0661. The van der Waals surface area contributed by atoms with Crippen molar-refractivity contribution in [1.29, 1.82) is 0 Å². The SMILES string of the molecule is CC(=O)CN(C)C(=O)CN(C)C(=O)CN(C)C(=O)CN(C)C(=O)CN(C)C(=O)CN(C)C(=O)CN(C)C(=O)CN(C)C(=O)CN(C)C(=O)CN(C)C(=O)CCCOc1c(CCC(=O)N[C@@H](C)C(=O)N[C@@H](C)C(=O)NCOCC(=O)[C@@]23O[C@H](c4sccc4F)O[C@@H]2C[C@H]2[C@@H]4CCC5=CC(=O)C=C[C@]5(C)[C@@]4(F)[C@@H](O)C[C@@]23C)ccc(N2C(=O)C=CC2=O)c1F. The van der Waals surface area contributed by atoms with E-state index in [0.717, 1.165) is 78.6 Å². The molecule has 0 bridgehead atoms. The summed E-state index contributed by atoms with van der Waals surface area (Å²) in [6.07, 6.45) is 1.48. The summed E-state index contributed by atoms with van der Waals surface area (Å²) in [4.78, 5) is 246. The van der Waals surface area contributed by atoms with E-state index in [9.17, 15) is 91.4 Å². The molecule has 15 amide bonds. The molecule has 8 rings (SSSR count). The molecule has 6 aliphatic rings. The molecule has 2 aliphatic heterocycles. The molecule has 1 saturated heterocycles. The third-order valence-corrected chi connectivity index (χ3v) is 24.4. The number of ether oxygens (including phenoxy) is 4. The number of carbonyl (C=O) groups excluding carboxylic acids is 18. The summed E-state index contributed by atoms with van der Waals surface area (Å²) in [6, 6.07) is 1.15. The van der Waals surface area contributed by atoms with Gasteiger partial charge in [0.15, 0.2) is 40.7 Å². The Morgan fingerprint density at radius 3 is 1.55 bits per heavy atom. The number of aliphatic hydroxyl groups is 1. The number of carbonyl (C=O) groups is 18. The zero-order chi connectivity index (χ0) is 90.7. The minimum atomic E-state index is -2.25. The van der Waals surface area contributed by atoms with Gasteiger partial charge in [0.1, 0.15) is 37.0 Å². The molecule has 1 aromatic carbocycles. The van der Waals surface area contributed by atoms with Crippen LogP contribution in [0, 0.1) is 34.3 Å².